The minimum absolute atomic E-state index is 0.0615. The van der Waals surface area contributed by atoms with Crippen molar-refractivity contribution in [3.8, 4) is 0 Å². The molecule has 0 amide bonds. The van der Waals surface area contributed by atoms with Gasteiger partial charge in [-0.3, -0.25) is 0 Å². The van der Waals surface area contributed by atoms with Gasteiger partial charge in [0.05, 0.1) is 5.02 Å². The van der Waals surface area contributed by atoms with E-state index in [1.54, 1.807) is 0 Å². The van der Waals surface area contributed by atoms with Crippen molar-refractivity contribution in [1.82, 2.24) is 0 Å². The van der Waals surface area contributed by atoms with Gasteiger partial charge in [0.2, 0.25) is 0 Å². The molecule has 1 atom stereocenters. The van der Waals surface area contributed by atoms with E-state index in [4.69, 9.17) is 17.3 Å². The standard InChI is InChI=1S/C11H13BrClN/c1-7(2)5-11(14)8-3-4-10(13)9(12)6-8/h3-6,11H,14H2,1-2H3. The molecule has 76 valence electrons. The zero-order chi connectivity index (χ0) is 10.7. The van der Waals surface area contributed by atoms with Gasteiger partial charge in [0.15, 0.2) is 0 Å². The van der Waals surface area contributed by atoms with Gasteiger partial charge in [-0.2, -0.15) is 0 Å². The van der Waals surface area contributed by atoms with Crippen molar-refractivity contribution in [3.63, 3.8) is 0 Å². The molecule has 1 rings (SSSR count). The molecule has 0 bridgehead atoms. The van der Waals surface area contributed by atoms with Crippen LogP contribution < -0.4 is 5.73 Å². The second kappa shape index (κ2) is 4.96. The maximum Gasteiger partial charge on any atom is 0.0548 e. The predicted octanol–water partition coefficient (Wildman–Crippen LogP) is 4.07. The van der Waals surface area contributed by atoms with E-state index in [9.17, 15) is 0 Å². The van der Waals surface area contributed by atoms with Crippen LogP contribution in [0.25, 0.3) is 0 Å². The lowest BCUT2D eigenvalue weighted by Gasteiger charge is -2.09. The number of hydrogen-bond donors (Lipinski definition) is 1. The van der Waals surface area contributed by atoms with Gasteiger partial charge < -0.3 is 5.73 Å². The smallest absolute Gasteiger partial charge is 0.0548 e. The van der Waals surface area contributed by atoms with Crippen molar-refractivity contribution in [2.24, 2.45) is 5.73 Å². The van der Waals surface area contributed by atoms with Crippen molar-refractivity contribution < 1.29 is 0 Å². The van der Waals surface area contributed by atoms with E-state index in [1.807, 2.05) is 38.1 Å². The summed E-state index contributed by atoms with van der Waals surface area (Å²) in [6, 6.07) is 5.68. The Bertz CT molecular complexity index is 356. The summed E-state index contributed by atoms with van der Waals surface area (Å²) in [6.45, 7) is 4.07. The molecule has 0 spiro atoms. The van der Waals surface area contributed by atoms with Crippen LogP contribution in [-0.4, -0.2) is 0 Å². The lowest BCUT2D eigenvalue weighted by Crippen LogP contribution is -2.07. The molecule has 1 aromatic carbocycles. The van der Waals surface area contributed by atoms with Gasteiger partial charge in [-0.15, -0.1) is 0 Å². The third-order valence-corrected chi connectivity index (χ3v) is 3.06. The Balaban J connectivity index is 2.97. The van der Waals surface area contributed by atoms with E-state index in [0.717, 1.165) is 10.0 Å². The first-order valence-electron chi connectivity index (χ1n) is 4.36. The van der Waals surface area contributed by atoms with Gasteiger partial charge in [-0.25, -0.2) is 0 Å². The second-order valence-electron chi connectivity index (χ2n) is 3.44. The maximum atomic E-state index is 5.97. The van der Waals surface area contributed by atoms with E-state index < -0.39 is 0 Å². The normalized spacial score (nSPS) is 12.4. The molecular formula is C11H13BrClN. The highest BCUT2D eigenvalue weighted by atomic mass is 79.9. The van der Waals surface area contributed by atoms with Crippen LogP contribution in [0.2, 0.25) is 5.02 Å². The van der Waals surface area contributed by atoms with E-state index in [1.165, 1.54) is 5.57 Å². The summed E-state index contributed by atoms with van der Waals surface area (Å²) in [5, 5.41) is 0.707. The third kappa shape index (κ3) is 3.12. The Hall–Kier alpha value is -0.310. The minimum atomic E-state index is -0.0615. The Morgan fingerprint density at radius 2 is 2.14 bits per heavy atom. The molecule has 1 nitrogen and oxygen atoms in total. The highest BCUT2D eigenvalue weighted by Crippen LogP contribution is 2.26. The van der Waals surface area contributed by atoms with Gasteiger partial charge in [0.1, 0.15) is 0 Å². The van der Waals surface area contributed by atoms with Crippen molar-refractivity contribution in [3.05, 3.63) is 44.9 Å². The lowest BCUT2D eigenvalue weighted by molar-refractivity contribution is 0.898. The van der Waals surface area contributed by atoms with Crippen LogP contribution >= 0.6 is 27.5 Å². The van der Waals surface area contributed by atoms with Crippen LogP contribution in [0.5, 0.6) is 0 Å². The van der Waals surface area contributed by atoms with Crippen molar-refractivity contribution in [2.75, 3.05) is 0 Å². The summed E-state index contributed by atoms with van der Waals surface area (Å²) in [7, 11) is 0. The number of benzene rings is 1. The summed E-state index contributed by atoms with van der Waals surface area (Å²) in [5.41, 5.74) is 8.24. The molecule has 14 heavy (non-hydrogen) atoms. The van der Waals surface area contributed by atoms with Gasteiger partial charge >= 0.3 is 0 Å². The average molecular weight is 275 g/mol. The maximum absolute atomic E-state index is 5.97. The number of halogens is 2. The van der Waals surface area contributed by atoms with Gasteiger partial charge in [0.25, 0.3) is 0 Å². The van der Waals surface area contributed by atoms with Crippen molar-refractivity contribution >= 4 is 27.5 Å². The summed E-state index contributed by atoms with van der Waals surface area (Å²) in [4.78, 5) is 0. The van der Waals surface area contributed by atoms with E-state index in [2.05, 4.69) is 15.9 Å². The van der Waals surface area contributed by atoms with Crippen LogP contribution in [0.3, 0.4) is 0 Å². The quantitative estimate of drug-likeness (QED) is 0.808. The van der Waals surface area contributed by atoms with Crippen molar-refractivity contribution in [2.45, 2.75) is 19.9 Å². The molecule has 0 fully saturated rings. The molecule has 0 aliphatic heterocycles. The van der Waals surface area contributed by atoms with Crippen LogP contribution in [0, 0.1) is 0 Å². The zero-order valence-corrected chi connectivity index (χ0v) is 10.6. The fourth-order valence-corrected chi connectivity index (χ4v) is 1.69. The molecule has 0 aliphatic rings. The molecule has 0 saturated carbocycles. The van der Waals surface area contributed by atoms with Crippen LogP contribution in [0.1, 0.15) is 25.5 Å². The summed E-state index contributed by atoms with van der Waals surface area (Å²) in [6.07, 6.45) is 2.02. The molecule has 1 aromatic rings. The molecule has 1 unspecified atom stereocenters. The minimum Gasteiger partial charge on any atom is -0.321 e. The summed E-state index contributed by atoms with van der Waals surface area (Å²) >= 11 is 9.26. The Kier molecular flexibility index (Phi) is 4.17. The molecule has 0 aromatic heterocycles. The predicted molar refractivity (Wildman–Crippen MR) is 65.5 cm³/mol. The highest BCUT2D eigenvalue weighted by Gasteiger charge is 2.04. The molecule has 0 radical (unpaired) electrons. The second-order valence-corrected chi connectivity index (χ2v) is 4.70. The van der Waals surface area contributed by atoms with E-state index in [-0.39, 0.29) is 6.04 Å². The highest BCUT2D eigenvalue weighted by molar-refractivity contribution is 9.10. The molecule has 3 heteroatoms. The number of nitrogens with two attached hydrogens (primary N) is 1. The fraction of sp³-hybridized carbons (Fsp3) is 0.273. The summed E-state index contributed by atoms with van der Waals surface area (Å²) in [5.74, 6) is 0. The molecule has 0 heterocycles. The lowest BCUT2D eigenvalue weighted by atomic mass is 10.1. The topological polar surface area (TPSA) is 26.0 Å². The fourth-order valence-electron chi connectivity index (χ4n) is 1.18. The van der Waals surface area contributed by atoms with Crippen LogP contribution in [0.4, 0.5) is 0 Å². The first-order chi connectivity index (χ1) is 6.50. The Morgan fingerprint density at radius 3 is 2.64 bits per heavy atom. The number of allylic oxidation sites excluding steroid dienone is 1. The molecule has 0 saturated heterocycles. The average Bonchev–Trinajstić information content (AvgIpc) is 2.08. The van der Waals surface area contributed by atoms with E-state index in [0.29, 0.717) is 5.02 Å². The molecule has 0 aliphatic carbocycles. The van der Waals surface area contributed by atoms with E-state index >= 15 is 0 Å². The first-order valence-corrected chi connectivity index (χ1v) is 5.53. The van der Waals surface area contributed by atoms with Crippen molar-refractivity contribution in [1.29, 1.82) is 0 Å². The molecule has 2 N–H and O–H groups in total. The third-order valence-electron chi connectivity index (χ3n) is 1.84. The summed E-state index contributed by atoms with van der Waals surface area (Å²) < 4.78 is 0.884. The SMILES string of the molecule is CC(C)=CC(N)c1ccc(Cl)c(Br)c1. The number of hydrogen-bond acceptors (Lipinski definition) is 1. The van der Waals surface area contributed by atoms with Crippen LogP contribution in [0.15, 0.2) is 34.3 Å². The van der Waals surface area contributed by atoms with Gasteiger partial charge in [-0.05, 0) is 47.5 Å². The monoisotopic (exact) mass is 273 g/mol. The number of rotatable bonds is 2. The Labute approximate surface area is 98.1 Å². The molecular weight excluding hydrogens is 261 g/mol. The Morgan fingerprint density at radius 1 is 1.50 bits per heavy atom. The zero-order valence-electron chi connectivity index (χ0n) is 8.22. The van der Waals surface area contributed by atoms with Gasteiger partial charge in [0, 0.05) is 10.5 Å². The largest absolute Gasteiger partial charge is 0.321 e. The van der Waals surface area contributed by atoms with Gasteiger partial charge in [-0.1, -0.05) is 29.3 Å². The van der Waals surface area contributed by atoms with Crippen LogP contribution in [-0.2, 0) is 0 Å². The first kappa shape index (κ1) is 11.8.